The number of ether oxygens (including phenoxy) is 1. The number of methoxy groups -OCH3 is 1. The van der Waals surface area contributed by atoms with Crippen LogP contribution in [0.4, 0.5) is 5.69 Å². The SMILES string of the molecule is COC(=O)[C@H]1[C@@H](c2ccc([N+]#N)c(I)c2)C[C@@H]2CC[C@H]1N2C. The van der Waals surface area contributed by atoms with Gasteiger partial charge in [-0.1, -0.05) is 6.07 Å². The first-order valence-electron chi connectivity index (χ1n) is 7.51. The van der Waals surface area contributed by atoms with E-state index >= 15 is 0 Å². The molecule has 0 saturated carbocycles. The molecule has 2 saturated heterocycles. The van der Waals surface area contributed by atoms with Crippen LogP contribution in [0.2, 0.25) is 0 Å². The van der Waals surface area contributed by atoms with Crippen LogP contribution < -0.4 is 0 Å². The van der Waals surface area contributed by atoms with Crippen molar-refractivity contribution in [3.05, 3.63) is 32.3 Å². The van der Waals surface area contributed by atoms with Gasteiger partial charge in [-0.05, 0) is 60.5 Å². The van der Waals surface area contributed by atoms with Gasteiger partial charge in [0.2, 0.25) is 5.39 Å². The highest BCUT2D eigenvalue weighted by atomic mass is 127. The fourth-order valence-electron chi connectivity index (χ4n) is 4.10. The fourth-order valence-corrected chi connectivity index (χ4v) is 4.75. The predicted molar refractivity (Wildman–Crippen MR) is 91.3 cm³/mol. The minimum atomic E-state index is -0.124. The summed E-state index contributed by atoms with van der Waals surface area (Å²) in [5, 5.41) is 8.97. The molecule has 4 atom stereocenters. The minimum absolute atomic E-state index is 0.117. The molecule has 0 spiro atoms. The van der Waals surface area contributed by atoms with Crippen LogP contribution >= 0.6 is 22.6 Å². The van der Waals surface area contributed by atoms with Crippen LogP contribution in [0.25, 0.3) is 4.98 Å². The van der Waals surface area contributed by atoms with Gasteiger partial charge in [-0.3, -0.25) is 9.69 Å². The first-order valence-corrected chi connectivity index (χ1v) is 8.59. The Morgan fingerprint density at radius 1 is 1.45 bits per heavy atom. The van der Waals surface area contributed by atoms with Crippen molar-refractivity contribution in [1.29, 1.82) is 5.39 Å². The zero-order valence-electron chi connectivity index (χ0n) is 12.7. The number of benzene rings is 1. The van der Waals surface area contributed by atoms with Gasteiger partial charge in [0.25, 0.3) is 0 Å². The first kappa shape index (κ1) is 15.7. The van der Waals surface area contributed by atoms with Gasteiger partial charge in [-0.15, -0.1) is 0 Å². The number of halogens is 1. The highest BCUT2D eigenvalue weighted by Crippen LogP contribution is 2.47. The summed E-state index contributed by atoms with van der Waals surface area (Å²) in [5.41, 5.74) is 1.70. The average molecular weight is 412 g/mol. The Morgan fingerprint density at radius 2 is 2.23 bits per heavy atom. The summed E-state index contributed by atoms with van der Waals surface area (Å²) in [7, 11) is 3.59. The van der Waals surface area contributed by atoms with Crippen molar-refractivity contribution in [2.75, 3.05) is 14.2 Å². The second-order valence-electron chi connectivity index (χ2n) is 6.17. The molecule has 0 unspecified atom stereocenters. The van der Waals surface area contributed by atoms with Crippen molar-refractivity contribution < 1.29 is 9.53 Å². The maximum Gasteiger partial charge on any atom is 0.398 e. The summed E-state index contributed by atoms with van der Waals surface area (Å²) in [4.78, 5) is 18.0. The number of diazo groups is 1. The van der Waals surface area contributed by atoms with Crippen molar-refractivity contribution in [2.24, 2.45) is 5.92 Å². The lowest BCUT2D eigenvalue weighted by molar-refractivity contribution is -0.150. The molecule has 0 amide bonds. The van der Waals surface area contributed by atoms with Gasteiger partial charge in [0.1, 0.15) is 3.57 Å². The Kier molecular flexibility index (Phi) is 4.37. The van der Waals surface area contributed by atoms with Gasteiger partial charge >= 0.3 is 11.7 Å². The molecule has 2 heterocycles. The Hall–Kier alpha value is -1.20. The van der Waals surface area contributed by atoms with E-state index in [9.17, 15) is 4.79 Å². The molecular weight excluding hydrogens is 393 g/mol. The molecule has 0 radical (unpaired) electrons. The van der Waals surface area contributed by atoms with E-state index in [1.165, 1.54) is 7.11 Å². The van der Waals surface area contributed by atoms with E-state index in [2.05, 4.69) is 39.5 Å². The third-order valence-electron chi connectivity index (χ3n) is 5.25. The minimum Gasteiger partial charge on any atom is -0.469 e. The van der Waals surface area contributed by atoms with Gasteiger partial charge in [0.05, 0.1) is 13.0 Å². The molecule has 116 valence electrons. The zero-order valence-corrected chi connectivity index (χ0v) is 14.9. The molecule has 0 N–H and O–H groups in total. The van der Waals surface area contributed by atoms with E-state index in [0.29, 0.717) is 11.7 Å². The van der Waals surface area contributed by atoms with Gasteiger partial charge in [0.15, 0.2) is 4.98 Å². The number of hydrogen-bond donors (Lipinski definition) is 0. The number of rotatable bonds is 2. The summed E-state index contributed by atoms with van der Waals surface area (Å²) < 4.78 is 5.99. The summed E-state index contributed by atoms with van der Waals surface area (Å²) in [6.07, 6.45) is 3.17. The zero-order chi connectivity index (χ0) is 15.9. The average Bonchev–Trinajstić information content (AvgIpc) is 2.76. The summed E-state index contributed by atoms with van der Waals surface area (Å²) in [5.74, 6) is -0.0722. The summed E-state index contributed by atoms with van der Waals surface area (Å²) in [6.45, 7) is 0. The van der Waals surface area contributed by atoms with Crippen LogP contribution in [0.15, 0.2) is 18.2 Å². The molecule has 2 aliphatic heterocycles. The lowest BCUT2D eigenvalue weighted by atomic mass is 9.76. The highest BCUT2D eigenvalue weighted by Gasteiger charge is 2.49. The molecule has 0 aliphatic carbocycles. The molecule has 3 rings (SSSR count). The van der Waals surface area contributed by atoms with Gasteiger partial charge < -0.3 is 4.74 Å². The van der Waals surface area contributed by atoms with Gasteiger partial charge in [0, 0.05) is 24.1 Å². The second-order valence-corrected chi connectivity index (χ2v) is 7.33. The van der Waals surface area contributed by atoms with Crippen molar-refractivity contribution in [3.63, 3.8) is 0 Å². The smallest absolute Gasteiger partial charge is 0.398 e. The van der Waals surface area contributed by atoms with Crippen LogP contribution in [0.3, 0.4) is 0 Å². The standard InChI is InChI=1S/C16H19IN3O2/c1-20-10-4-6-14(20)15(16(21)22-2)11(8-10)9-3-5-13(19-18)12(17)7-9/h3,5,7,10-11,14-15H,4,6,8H2,1-2H3/q+1/t10-,11+,14+,15-/m0/s1. The number of fused-ring (bicyclic) bond motifs is 2. The molecule has 0 aromatic heterocycles. The number of carbonyl (C=O) groups excluding carboxylic acids is 1. The Balaban J connectivity index is 1.99. The Bertz CT molecular complexity index is 643. The van der Waals surface area contributed by atoms with E-state index in [1.54, 1.807) is 0 Å². The van der Waals surface area contributed by atoms with E-state index in [4.69, 9.17) is 10.1 Å². The Labute approximate surface area is 143 Å². The van der Waals surface area contributed by atoms with E-state index in [1.807, 2.05) is 18.2 Å². The molecule has 2 fully saturated rings. The quantitative estimate of drug-likeness (QED) is 0.424. The monoisotopic (exact) mass is 412 g/mol. The maximum atomic E-state index is 12.4. The van der Waals surface area contributed by atoms with Crippen LogP contribution in [0.5, 0.6) is 0 Å². The van der Waals surface area contributed by atoms with Crippen LogP contribution in [-0.2, 0) is 9.53 Å². The molecule has 1 aromatic rings. The Morgan fingerprint density at radius 3 is 2.86 bits per heavy atom. The predicted octanol–water partition coefficient (Wildman–Crippen LogP) is 3.52. The maximum absolute atomic E-state index is 12.4. The largest absolute Gasteiger partial charge is 0.469 e. The van der Waals surface area contributed by atoms with Crippen LogP contribution in [0, 0.1) is 14.9 Å². The normalized spacial score (nSPS) is 30.8. The van der Waals surface area contributed by atoms with E-state index in [0.717, 1.165) is 28.4 Å². The third kappa shape index (κ3) is 2.50. The lowest BCUT2D eigenvalue weighted by Crippen LogP contribution is -2.49. The van der Waals surface area contributed by atoms with Crippen LogP contribution in [-0.4, -0.2) is 37.1 Å². The lowest BCUT2D eigenvalue weighted by Gasteiger charge is -2.41. The summed E-state index contributed by atoms with van der Waals surface area (Å²) >= 11 is 2.17. The number of hydrogen-bond acceptors (Lipinski definition) is 4. The fraction of sp³-hybridized carbons (Fsp3) is 0.562. The molecular formula is C16H19IN3O2+. The third-order valence-corrected chi connectivity index (χ3v) is 6.11. The van der Waals surface area contributed by atoms with Crippen molar-refractivity contribution in [2.45, 2.75) is 37.3 Å². The highest BCUT2D eigenvalue weighted by molar-refractivity contribution is 14.1. The van der Waals surface area contributed by atoms with E-state index in [-0.39, 0.29) is 23.8 Å². The van der Waals surface area contributed by atoms with Crippen molar-refractivity contribution in [3.8, 4) is 0 Å². The topological polar surface area (TPSA) is 57.7 Å². The van der Waals surface area contributed by atoms with Crippen LogP contribution in [0.1, 0.15) is 30.7 Å². The molecule has 22 heavy (non-hydrogen) atoms. The number of carbonyl (C=O) groups is 1. The summed E-state index contributed by atoms with van der Waals surface area (Å²) in [6, 6.07) is 6.61. The van der Waals surface area contributed by atoms with Crippen molar-refractivity contribution in [1.82, 2.24) is 4.90 Å². The molecule has 2 aliphatic rings. The number of piperidine rings is 1. The first-order chi connectivity index (χ1) is 10.6. The van der Waals surface area contributed by atoms with Gasteiger partial charge in [-0.25, -0.2) is 0 Å². The molecule has 2 bridgehead atoms. The molecule has 6 heteroatoms. The van der Waals surface area contributed by atoms with Gasteiger partial charge in [-0.2, -0.15) is 0 Å². The molecule has 1 aromatic carbocycles. The molecule has 5 nitrogen and oxygen atoms in total. The number of esters is 1. The van der Waals surface area contributed by atoms with Crippen molar-refractivity contribution >= 4 is 34.2 Å². The second kappa shape index (κ2) is 6.13. The van der Waals surface area contributed by atoms with E-state index < -0.39 is 0 Å². The number of nitrogens with zero attached hydrogens (tertiary/aromatic N) is 3.